The summed E-state index contributed by atoms with van der Waals surface area (Å²) in [5.74, 6) is 0. The van der Waals surface area contributed by atoms with Gasteiger partial charge in [0.05, 0.1) is 28.6 Å². The molecule has 0 spiro atoms. The van der Waals surface area contributed by atoms with E-state index in [2.05, 4.69) is 57.2 Å². The van der Waals surface area contributed by atoms with Crippen LogP contribution in [-0.4, -0.2) is 38.2 Å². The van der Waals surface area contributed by atoms with E-state index < -0.39 is 0 Å². The molecule has 0 unspecified atom stereocenters. The molecule has 6 nitrogen and oxygen atoms in total. The zero-order valence-corrected chi connectivity index (χ0v) is 16.7. The van der Waals surface area contributed by atoms with Crippen molar-refractivity contribution >= 4 is 27.5 Å². The first-order chi connectivity index (χ1) is 14.2. The van der Waals surface area contributed by atoms with Gasteiger partial charge in [-0.3, -0.25) is 10.1 Å². The van der Waals surface area contributed by atoms with Crippen LogP contribution in [0.5, 0.6) is 0 Å². The highest BCUT2D eigenvalue weighted by Gasteiger charge is 2.14. The highest BCUT2D eigenvalue weighted by molar-refractivity contribution is 5.94. The SMILES string of the molecule is C=C/C(=C\C(=C/C)c1ccc2[nH]nc(-c3cc4ccncc4[nH]3)c2n1)CNCC. The highest BCUT2D eigenvalue weighted by atomic mass is 15.1. The van der Waals surface area contributed by atoms with Gasteiger partial charge in [0.2, 0.25) is 0 Å². The predicted octanol–water partition coefficient (Wildman–Crippen LogP) is 4.63. The van der Waals surface area contributed by atoms with Crippen molar-refractivity contribution in [3.05, 3.63) is 72.7 Å². The van der Waals surface area contributed by atoms with Crippen LogP contribution in [0.15, 0.2) is 67.0 Å². The standard InChI is InChI=1S/C23H24N6/c1-4-15(13-24-6-3)11-16(5-2)18-7-8-19-22(27-18)23(29-28-19)20-12-17-9-10-25-14-21(17)26-20/h4-5,7-12,14,24,26H,1,6,13H2,2-3H3,(H,28,29)/b15-11+,16-5+. The molecule has 0 atom stereocenters. The Bertz CT molecular complexity index is 1190. The van der Waals surface area contributed by atoms with Gasteiger partial charge in [-0.15, -0.1) is 0 Å². The van der Waals surface area contributed by atoms with Crippen LogP contribution in [0.1, 0.15) is 19.5 Å². The number of hydrogen-bond acceptors (Lipinski definition) is 4. The molecule has 146 valence electrons. The molecule has 0 aromatic carbocycles. The van der Waals surface area contributed by atoms with Crippen molar-refractivity contribution in [3.63, 3.8) is 0 Å². The summed E-state index contributed by atoms with van der Waals surface area (Å²) in [7, 11) is 0. The third-order valence-electron chi connectivity index (χ3n) is 4.88. The summed E-state index contributed by atoms with van der Waals surface area (Å²) in [6.45, 7) is 9.74. The largest absolute Gasteiger partial charge is 0.352 e. The number of rotatable bonds is 7. The first-order valence-electron chi connectivity index (χ1n) is 9.72. The van der Waals surface area contributed by atoms with E-state index in [1.165, 1.54) is 0 Å². The monoisotopic (exact) mass is 384 g/mol. The van der Waals surface area contributed by atoms with E-state index in [9.17, 15) is 0 Å². The molecule has 4 rings (SSSR count). The van der Waals surface area contributed by atoms with Gasteiger partial charge in [0.1, 0.15) is 11.2 Å². The van der Waals surface area contributed by atoms with Gasteiger partial charge in [-0.1, -0.05) is 25.7 Å². The summed E-state index contributed by atoms with van der Waals surface area (Å²) in [6.07, 6.45) is 9.67. The molecule has 0 saturated heterocycles. The van der Waals surface area contributed by atoms with Crippen LogP contribution in [0.3, 0.4) is 0 Å². The van der Waals surface area contributed by atoms with Gasteiger partial charge in [-0.25, -0.2) is 4.98 Å². The fraction of sp³-hybridized carbons (Fsp3) is 0.174. The average molecular weight is 384 g/mol. The molecule has 0 amide bonds. The molecule has 0 aliphatic heterocycles. The van der Waals surface area contributed by atoms with Crippen LogP contribution in [0.25, 0.3) is 38.9 Å². The molecular formula is C23H24N6. The Balaban J connectivity index is 1.76. The third kappa shape index (κ3) is 3.75. The molecule has 0 fully saturated rings. The Labute approximate surface area is 169 Å². The molecule has 4 aromatic rings. The van der Waals surface area contributed by atoms with E-state index in [0.717, 1.165) is 63.3 Å². The summed E-state index contributed by atoms with van der Waals surface area (Å²) in [5, 5.41) is 12.0. The normalized spacial score (nSPS) is 12.8. The van der Waals surface area contributed by atoms with Crippen molar-refractivity contribution in [2.75, 3.05) is 13.1 Å². The lowest BCUT2D eigenvalue weighted by Gasteiger charge is -2.06. The molecule has 3 N–H and O–H groups in total. The van der Waals surface area contributed by atoms with Crippen molar-refractivity contribution in [2.45, 2.75) is 13.8 Å². The molecule has 0 radical (unpaired) electrons. The zero-order valence-electron chi connectivity index (χ0n) is 16.7. The smallest absolute Gasteiger partial charge is 0.135 e. The number of nitrogens with one attached hydrogen (secondary N) is 3. The Morgan fingerprint density at radius 1 is 1.24 bits per heavy atom. The summed E-state index contributed by atoms with van der Waals surface area (Å²) in [5.41, 5.74) is 7.50. The van der Waals surface area contributed by atoms with Crippen LogP contribution in [0.2, 0.25) is 0 Å². The molecular weight excluding hydrogens is 360 g/mol. The molecule has 0 aliphatic carbocycles. The van der Waals surface area contributed by atoms with E-state index in [1.807, 2.05) is 37.4 Å². The summed E-state index contributed by atoms with van der Waals surface area (Å²) < 4.78 is 0. The van der Waals surface area contributed by atoms with E-state index in [4.69, 9.17) is 4.98 Å². The zero-order chi connectivity index (χ0) is 20.2. The molecule has 4 aromatic heterocycles. The number of allylic oxidation sites excluding steroid dienone is 3. The maximum absolute atomic E-state index is 4.92. The fourth-order valence-corrected chi connectivity index (χ4v) is 3.30. The van der Waals surface area contributed by atoms with Gasteiger partial charge in [0.15, 0.2) is 0 Å². The highest BCUT2D eigenvalue weighted by Crippen LogP contribution is 2.28. The van der Waals surface area contributed by atoms with Crippen LogP contribution >= 0.6 is 0 Å². The number of pyridine rings is 2. The van der Waals surface area contributed by atoms with E-state index in [-0.39, 0.29) is 0 Å². The third-order valence-corrected chi connectivity index (χ3v) is 4.88. The van der Waals surface area contributed by atoms with Crippen molar-refractivity contribution in [2.24, 2.45) is 0 Å². The second-order valence-electron chi connectivity index (χ2n) is 6.76. The minimum atomic E-state index is 0.777. The van der Waals surface area contributed by atoms with Crippen LogP contribution in [0, 0.1) is 0 Å². The first-order valence-corrected chi connectivity index (χ1v) is 9.72. The Morgan fingerprint density at radius 3 is 2.90 bits per heavy atom. The topological polar surface area (TPSA) is 82.3 Å². The second kappa shape index (κ2) is 8.24. The molecule has 29 heavy (non-hydrogen) atoms. The van der Waals surface area contributed by atoms with E-state index in [1.54, 1.807) is 6.20 Å². The van der Waals surface area contributed by atoms with E-state index in [0.29, 0.717) is 0 Å². The predicted molar refractivity (Wildman–Crippen MR) is 119 cm³/mol. The van der Waals surface area contributed by atoms with Crippen LogP contribution in [-0.2, 0) is 0 Å². The minimum absolute atomic E-state index is 0.777. The Kier molecular flexibility index (Phi) is 5.35. The molecule has 4 heterocycles. The van der Waals surface area contributed by atoms with Gasteiger partial charge in [-0.05, 0) is 55.0 Å². The van der Waals surface area contributed by atoms with Gasteiger partial charge >= 0.3 is 0 Å². The Hall–Kier alpha value is -3.51. The molecule has 0 saturated carbocycles. The quantitative estimate of drug-likeness (QED) is 0.406. The van der Waals surface area contributed by atoms with Crippen LogP contribution < -0.4 is 5.32 Å². The molecule has 0 bridgehead atoms. The Morgan fingerprint density at radius 2 is 2.14 bits per heavy atom. The lowest BCUT2D eigenvalue weighted by Crippen LogP contribution is -2.15. The van der Waals surface area contributed by atoms with Gasteiger partial charge in [0.25, 0.3) is 0 Å². The van der Waals surface area contributed by atoms with Crippen molar-refractivity contribution in [1.82, 2.24) is 30.5 Å². The fourth-order valence-electron chi connectivity index (χ4n) is 3.30. The number of likely N-dealkylation sites (N-methyl/N-ethyl adjacent to an activating group) is 1. The average Bonchev–Trinajstić information content (AvgIpc) is 3.37. The maximum atomic E-state index is 4.92. The van der Waals surface area contributed by atoms with Gasteiger partial charge in [0, 0.05) is 18.1 Å². The van der Waals surface area contributed by atoms with Gasteiger partial charge < -0.3 is 10.3 Å². The van der Waals surface area contributed by atoms with Crippen molar-refractivity contribution in [1.29, 1.82) is 0 Å². The number of nitrogens with zero attached hydrogens (tertiary/aromatic N) is 3. The molecule has 0 aliphatic rings. The summed E-state index contributed by atoms with van der Waals surface area (Å²) >= 11 is 0. The van der Waals surface area contributed by atoms with Crippen molar-refractivity contribution < 1.29 is 0 Å². The number of H-pyrrole nitrogens is 2. The van der Waals surface area contributed by atoms with Crippen LogP contribution in [0.4, 0.5) is 0 Å². The van der Waals surface area contributed by atoms with Gasteiger partial charge in [-0.2, -0.15) is 5.10 Å². The number of hydrogen-bond donors (Lipinski definition) is 3. The summed E-state index contributed by atoms with van der Waals surface area (Å²) in [4.78, 5) is 12.5. The number of aromatic amines is 2. The maximum Gasteiger partial charge on any atom is 0.135 e. The number of fused-ring (bicyclic) bond motifs is 2. The second-order valence-corrected chi connectivity index (χ2v) is 6.76. The lowest BCUT2D eigenvalue weighted by atomic mass is 10.1. The number of aromatic nitrogens is 5. The molecule has 6 heteroatoms. The first kappa shape index (κ1) is 18.8. The van der Waals surface area contributed by atoms with E-state index >= 15 is 0 Å². The minimum Gasteiger partial charge on any atom is -0.352 e. The summed E-state index contributed by atoms with van der Waals surface area (Å²) in [6, 6.07) is 8.09. The van der Waals surface area contributed by atoms with Crippen molar-refractivity contribution in [3.8, 4) is 11.4 Å². The lowest BCUT2D eigenvalue weighted by molar-refractivity contribution is 0.785.